The normalized spacial score (nSPS) is 19.3. The first-order valence-electron chi connectivity index (χ1n) is 6.27. The number of halogens is 1. The fourth-order valence-corrected chi connectivity index (χ4v) is 2.71. The van der Waals surface area contributed by atoms with Crippen LogP contribution in [0.1, 0.15) is 24.0 Å². The van der Waals surface area contributed by atoms with Gasteiger partial charge in [0.2, 0.25) is 5.91 Å². The Morgan fingerprint density at radius 3 is 3.00 bits per heavy atom. The number of β-amino-alcohol motifs (C(OH)–C–C–N with tert-alkyl or cyclic N) is 1. The number of likely N-dealkylation sites (tertiary alicyclic amines) is 1. The van der Waals surface area contributed by atoms with Crippen molar-refractivity contribution in [1.29, 1.82) is 0 Å². The molecule has 1 saturated heterocycles. The van der Waals surface area contributed by atoms with Gasteiger partial charge >= 0.3 is 0 Å². The molecular formula is C14H18BrNO2. The molecular weight excluding hydrogens is 294 g/mol. The summed E-state index contributed by atoms with van der Waals surface area (Å²) in [5.41, 5.74) is 2.38. The second-order valence-electron chi connectivity index (χ2n) is 4.88. The average molecular weight is 312 g/mol. The Kier molecular flexibility index (Phi) is 4.40. The lowest BCUT2D eigenvalue weighted by Crippen LogP contribution is -2.29. The largest absolute Gasteiger partial charge is 0.391 e. The number of rotatable bonds is 3. The molecule has 0 saturated carbocycles. The van der Waals surface area contributed by atoms with Gasteiger partial charge in [0.1, 0.15) is 0 Å². The highest BCUT2D eigenvalue weighted by Crippen LogP contribution is 2.20. The van der Waals surface area contributed by atoms with Gasteiger partial charge in [-0.15, -0.1) is 0 Å². The second-order valence-corrected chi connectivity index (χ2v) is 5.73. The molecule has 1 fully saturated rings. The number of nitrogens with zero attached hydrogens (tertiary/aromatic N) is 1. The van der Waals surface area contributed by atoms with Gasteiger partial charge < -0.3 is 10.0 Å². The number of carbonyl (C=O) groups excluding carboxylic acids is 1. The van der Waals surface area contributed by atoms with E-state index in [1.807, 2.05) is 12.1 Å². The van der Waals surface area contributed by atoms with E-state index in [1.54, 1.807) is 4.90 Å². The molecule has 18 heavy (non-hydrogen) atoms. The first-order valence-corrected chi connectivity index (χ1v) is 7.06. The van der Waals surface area contributed by atoms with Crippen molar-refractivity contribution >= 4 is 21.8 Å². The van der Waals surface area contributed by atoms with Crippen molar-refractivity contribution in [3.05, 3.63) is 33.8 Å². The lowest BCUT2D eigenvalue weighted by Gasteiger charge is -2.15. The average Bonchev–Trinajstić information content (AvgIpc) is 2.77. The smallest absolute Gasteiger partial charge is 0.222 e. The van der Waals surface area contributed by atoms with Crippen LogP contribution in [-0.4, -0.2) is 35.1 Å². The molecule has 1 N–H and O–H groups in total. The second kappa shape index (κ2) is 5.85. The summed E-state index contributed by atoms with van der Waals surface area (Å²) in [6, 6.07) is 6.18. The van der Waals surface area contributed by atoms with E-state index in [4.69, 9.17) is 0 Å². The quantitative estimate of drug-likeness (QED) is 0.930. The summed E-state index contributed by atoms with van der Waals surface area (Å²) in [7, 11) is 0. The third-order valence-corrected chi connectivity index (χ3v) is 4.10. The van der Waals surface area contributed by atoms with Gasteiger partial charge in [-0.2, -0.15) is 0 Å². The van der Waals surface area contributed by atoms with Crippen molar-refractivity contribution in [3.63, 3.8) is 0 Å². The minimum Gasteiger partial charge on any atom is -0.391 e. The molecule has 1 amide bonds. The highest BCUT2D eigenvalue weighted by atomic mass is 79.9. The van der Waals surface area contributed by atoms with E-state index in [0.29, 0.717) is 25.9 Å². The molecule has 0 aromatic heterocycles. The van der Waals surface area contributed by atoms with E-state index in [1.165, 1.54) is 11.1 Å². The van der Waals surface area contributed by atoms with E-state index in [9.17, 15) is 9.90 Å². The summed E-state index contributed by atoms with van der Waals surface area (Å²) >= 11 is 3.51. The van der Waals surface area contributed by atoms with E-state index in [0.717, 1.165) is 10.9 Å². The SMILES string of the molecule is Cc1ccc(Br)c(CCC(=O)N2CC[C@@H](O)C2)c1. The molecule has 98 valence electrons. The van der Waals surface area contributed by atoms with Crippen LogP contribution in [0.4, 0.5) is 0 Å². The summed E-state index contributed by atoms with van der Waals surface area (Å²) < 4.78 is 1.06. The number of aliphatic hydroxyl groups is 1. The Balaban J connectivity index is 1.91. The van der Waals surface area contributed by atoms with Crippen molar-refractivity contribution in [2.45, 2.75) is 32.3 Å². The monoisotopic (exact) mass is 311 g/mol. The van der Waals surface area contributed by atoms with Crippen molar-refractivity contribution in [3.8, 4) is 0 Å². The molecule has 1 aliphatic heterocycles. The lowest BCUT2D eigenvalue weighted by molar-refractivity contribution is -0.130. The molecule has 4 heteroatoms. The Bertz CT molecular complexity index is 447. The van der Waals surface area contributed by atoms with Crippen LogP contribution in [0, 0.1) is 6.92 Å². The molecule has 1 heterocycles. The van der Waals surface area contributed by atoms with Crippen molar-refractivity contribution in [2.75, 3.05) is 13.1 Å². The summed E-state index contributed by atoms with van der Waals surface area (Å²) in [6.07, 6.45) is 1.63. The maximum atomic E-state index is 12.0. The highest BCUT2D eigenvalue weighted by molar-refractivity contribution is 9.10. The van der Waals surface area contributed by atoms with Gasteiger partial charge in [0.15, 0.2) is 0 Å². The van der Waals surface area contributed by atoms with Crippen LogP contribution in [-0.2, 0) is 11.2 Å². The van der Waals surface area contributed by atoms with Crippen molar-refractivity contribution in [2.24, 2.45) is 0 Å². The predicted octanol–water partition coefficient (Wildman–Crippen LogP) is 2.28. The number of hydrogen-bond donors (Lipinski definition) is 1. The molecule has 2 rings (SSSR count). The van der Waals surface area contributed by atoms with Gasteiger partial charge in [0.05, 0.1) is 6.10 Å². The van der Waals surface area contributed by atoms with Gasteiger partial charge in [-0.3, -0.25) is 4.79 Å². The fraction of sp³-hybridized carbons (Fsp3) is 0.500. The van der Waals surface area contributed by atoms with Gasteiger partial charge in [0.25, 0.3) is 0 Å². The first-order chi connectivity index (χ1) is 8.56. The van der Waals surface area contributed by atoms with E-state index < -0.39 is 0 Å². The Morgan fingerprint density at radius 2 is 2.33 bits per heavy atom. The molecule has 0 bridgehead atoms. The predicted molar refractivity (Wildman–Crippen MR) is 74.4 cm³/mol. The van der Waals surface area contributed by atoms with Gasteiger partial charge in [-0.1, -0.05) is 33.6 Å². The van der Waals surface area contributed by atoms with Crippen LogP contribution in [0.3, 0.4) is 0 Å². The summed E-state index contributed by atoms with van der Waals surface area (Å²) in [4.78, 5) is 13.7. The summed E-state index contributed by atoms with van der Waals surface area (Å²) in [5, 5.41) is 9.41. The number of benzene rings is 1. The van der Waals surface area contributed by atoms with Crippen LogP contribution in [0.5, 0.6) is 0 Å². The molecule has 1 aliphatic rings. The topological polar surface area (TPSA) is 40.5 Å². The van der Waals surface area contributed by atoms with Crippen molar-refractivity contribution in [1.82, 2.24) is 4.90 Å². The molecule has 3 nitrogen and oxygen atoms in total. The number of aryl methyl sites for hydroxylation is 2. The first kappa shape index (κ1) is 13.6. The van der Waals surface area contributed by atoms with Crippen molar-refractivity contribution < 1.29 is 9.90 Å². The third kappa shape index (κ3) is 3.33. The van der Waals surface area contributed by atoms with Gasteiger partial charge in [-0.25, -0.2) is 0 Å². The van der Waals surface area contributed by atoms with Crippen LogP contribution in [0.2, 0.25) is 0 Å². The lowest BCUT2D eigenvalue weighted by atomic mass is 10.1. The molecule has 0 aliphatic carbocycles. The number of aliphatic hydroxyl groups excluding tert-OH is 1. The molecule has 0 unspecified atom stereocenters. The van der Waals surface area contributed by atoms with E-state index in [-0.39, 0.29) is 12.0 Å². The zero-order valence-corrected chi connectivity index (χ0v) is 12.1. The van der Waals surface area contributed by atoms with E-state index in [2.05, 4.69) is 28.9 Å². The fourth-order valence-electron chi connectivity index (χ4n) is 2.26. The number of carbonyl (C=O) groups is 1. The van der Waals surface area contributed by atoms with Crippen LogP contribution >= 0.6 is 15.9 Å². The maximum absolute atomic E-state index is 12.0. The maximum Gasteiger partial charge on any atom is 0.222 e. The minimum absolute atomic E-state index is 0.139. The Morgan fingerprint density at radius 1 is 1.56 bits per heavy atom. The standard InChI is InChI=1S/C14H18BrNO2/c1-10-2-4-13(15)11(8-10)3-5-14(18)16-7-6-12(17)9-16/h2,4,8,12,17H,3,5-7,9H2,1H3/t12-/m1/s1. The summed E-state index contributed by atoms with van der Waals surface area (Å²) in [5.74, 6) is 0.139. The third-order valence-electron chi connectivity index (χ3n) is 3.33. The Hall–Kier alpha value is -0.870. The summed E-state index contributed by atoms with van der Waals surface area (Å²) in [6.45, 7) is 3.23. The van der Waals surface area contributed by atoms with Crippen LogP contribution in [0.25, 0.3) is 0 Å². The zero-order chi connectivity index (χ0) is 13.1. The number of hydrogen-bond acceptors (Lipinski definition) is 2. The minimum atomic E-state index is -0.334. The number of amides is 1. The molecule has 1 aromatic rings. The highest BCUT2D eigenvalue weighted by Gasteiger charge is 2.24. The Labute approximate surface area is 116 Å². The molecule has 0 radical (unpaired) electrons. The van der Waals surface area contributed by atoms with E-state index >= 15 is 0 Å². The van der Waals surface area contributed by atoms with Gasteiger partial charge in [0, 0.05) is 24.0 Å². The van der Waals surface area contributed by atoms with Crippen LogP contribution < -0.4 is 0 Å². The molecule has 1 atom stereocenters. The molecule has 0 spiro atoms. The van der Waals surface area contributed by atoms with Crippen LogP contribution in [0.15, 0.2) is 22.7 Å². The molecule has 1 aromatic carbocycles. The zero-order valence-electron chi connectivity index (χ0n) is 10.5. The van der Waals surface area contributed by atoms with Gasteiger partial charge in [-0.05, 0) is 31.4 Å².